The molecule has 0 bridgehead atoms. The molecular weight excluding hydrogens is 274 g/mol. The molecule has 4 heteroatoms. The SMILES string of the molecule is Cn1nccc1-c1ccc(CCNC(=O)C2CCCC2)cc1. The number of nitrogens with one attached hydrogen (secondary N) is 1. The van der Waals surface area contributed by atoms with Crippen molar-refractivity contribution in [3.8, 4) is 11.3 Å². The summed E-state index contributed by atoms with van der Waals surface area (Å²) in [5.74, 6) is 0.497. The third-order valence-corrected chi connectivity index (χ3v) is 4.51. The highest BCUT2D eigenvalue weighted by atomic mass is 16.1. The first kappa shape index (κ1) is 14.8. The predicted molar refractivity (Wildman–Crippen MR) is 87.3 cm³/mol. The fraction of sp³-hybridized carbons (Fsp3) is 0.444. The lowest BCUT2D eigenvalue weighted by Crippen LogP contribution is -2.30. The number of rotatable bonds is 5. The molecule has 3 rings (SSSR count). The van der Waals surface area contributed by atoms with E-state index >= 15 is 0 Å². The highest BCUT2D eigenvalue weighted by molar-refractivity contribution is 5.78. The lowest BCUT2D eigenvalue weighted by atomic mass is 10.1. The number of amides is 1. The minimum Gasteiger partial charge on any atom is -0.356 e. The molecule has 4 nitrogen and oxygen atoms in total. The number of hydrogen-bond acceptors (Lipinski definition) is 2. The molecule has 0 spiro atoms. The molecule has 116 valence electrons. The Labute approximate surface area is 131 Å². The minimum atomic E-state index is 0.240. The summed E-state index contributed by atoms with van der Waals surface area (Å²) in [6.07, 6.45) is 7.21. The van der Waals surface area contributed by atoms with Crippen molar-refractivity contribution in [2.24, 2.45) is 13.0 Å². The topological polar surface area (TPSA) is 46.9 Å². The first-order valence-corrected chi connectivity index (χ1v) is 8.09. The maximum Gasteiger partial charge on any atom is 0.223 e. The van der Waals surface area contributed by atoms with Gasteiger partial charge in [0.25, 0.3) is 0 Å². The summed E-state index contributed by atoms with van der Waals surface area (Å²) >= 11 is 0. The molecule has 0 atom stereocenters. The van der Waals surface area contributed by atoms with Crippen LogP contribution in [0.4, 0.5) is 0 Å². The number of benzene rings is 1. The Morgan fingerprint density at radius 3 is 2.59 bits per heavy atom. The highest BCUT2D eigenvalue weighted by Crippen LogP contribution is 2.24. The van der Waals surface area contributed by atoms with Gasteiger partial charge in [-0.05, 0) is 36.5 Å². The van der Waals surface area contributed by atoms with Crippen LogP contribution in [-0.2, 0) is 18.3 Å². The summed E-state index contributed by atoms with van der Waals surface area (Å²) in [6, 6.07) is 10.5. The van der Waals surface area contributed by atoms with Gasteiger partial charge in [-0.3, -0.25) is 9.48 Å². The predicted octanol–water partition coefficient (Wildman–Crippen LogP) is 2.94. The van der Waals surface area contributed by atoms with Crippen molar-refractivity contribution in [2.75, 3.05) is 6.54 Å². The van der Waals surface area contributed by atoms with Crippen molar-refractivity contribution in [1.29, 1.82) is 0 Å². The quantitative estimate of drug-likeness (QED) is 0.922. The second-order valence-corrected chi connectivity index (χ2v) is 6.06. The standard InChI is InChI=1S/C18H23N3O/c1-21-17(11-13-20-21)15-8-6-14(7-9-15)10-12-19-18(22)16-4-2-3-5-16/h6-9,11,13,16H,2-5,10,12H2,1H3,(H,19,22). The summed E-state index contributed by atoms with van der Waals surface area (Å²) < 4.78 is 1.87. The monoisotopic (exact) mass is 297 g/mol. The second-order valence-electron chi connectivity index (χ2n) is 6.06. The fourth-order valence-corrected chi connectivity index (χ4v) is 3.16. The molecule has 0 saturated heterocycles. The molecule has 1 aromatic heterocycles. The van der Waals surface area contributed by atoms with E-state index < -0.39 is 0 Å². The van der Waals surface area contributed by atoms with Crippen LogP contribution >= 0.6 is 0 Å². The Morgan fingerprint density at radius 2 is 1.95 bits per heavy atom. The Kier molecular flexibility index (Phi) is 4.56. The zero-order valence-corrected chi connectivity index (χ0v) is 13.1. The number of aryl methyl sites for hydroxylation is 1. The van der Waals surface area contributed by atoms with Crippen LogP contribution in [0.25, 0.3) is 11.3 Å². The summed E-state index contributed by atoms with van der Waals surface area (Å²) in [7, 11) is 1.95. The summed E-state index contributed by atoms with van der Waals surface area (Å²) in [4.78, 5) is 12.0. The molecule has 2 aromatic rings. The van der Waals surface area contributed by atoms with Crippen LogP contribution in [0.2, 0.25) is 0 Å². The molecule has 0 aliphatic heterocycles. The van der Waals surface area contributed by atoms with Crippen LogP contribution in [0.3, 0.4) is 0 Å². The van der Waals surface area contributed by atoms with Gasteiger partial charge in [-0.25, -0.2) is 0 Å². The molecule has 1 N–H and O–H groups in total. The number of carbonyl (C=O) groups excluding carboxylic acids is 1. The molecule has 22 heavy (non-hydrogen) atoms. The van der Waals surface area contributed by atoms with Crippen LogP contribution in [0, 0.1) is 5.92 Å². The molecule has 1 aromatic carbocycles. The average Bonchev–Trinajstić information content (AvgIpc) is 3.19. The van der Waals surface area contributed by atoms with Crippen molar-refractivity contribution < 1.29 is 4.79 Å². The minimum absolute atomic E-state index is 0.240. The van der Waals surface area contributed by atoms with Gasteiger partial charge in [-0.1, -0.05) is 37.1 Å². The van der Waals surface area contributed by atoms with Crippen LogP contribution < -0.4 is 5.32 Å². The van der Waals surface area contributed by atoms with Crippen molar-refractivity contribution in [3.05, 3.63) is 42.1 Å². The molecule has 1 amide bonds. The number of carbonyl (C=O) groups is 1. The van der Waals surface area contributed by atoms with Gasteiger partial charge in [0.15, 0.2) is 0 Å². The zero-order valence-electron chi connectivity index (χ0n) is 13.1. The van der Waals surface area contributed by atoms with E-state index in [1.54, 1.807) is 0 Å². The Hall–Kier alpha value is -2.10. The van der Waals surface area contributed by atoms with Gasteiger partial charge in [0, 0.05) is 25.7 Å². The summed E-state index contributed by atoms with van der Waals surface area (Å²) in [5.41, 5.74) is 3.53. The summed E-state index contributed by atoms with van der Waals surface area (Å²) in [6.45, 7) is 0.723. The number of aromatic nitrogens is 2. The Morgan fingerprint density at radius 1 is 1.23 bits per heavy atom. The molecular formula is C18H23N3O. The zero-order chi connectivity index (χ0) is 15.4. The lowest BCUT2D eigenvalue weighted by molar-refractivity contribution is -0.124. The van der Waals surface area contributed by atoms with Gasteiger partial charge in [0.05, 0.1) is 5.69 Å². The first-order valence-electron chi connectivity index (χ1n) is 8.09. The van der Waals surface area contributed by atoms with Gasteiger partial charge in [-0.15, -0.1) is 0 Å². The molecule has 1 fully saturated rings. The van der Waals surface area contributed by atoms with Crippen molar-refractivity contribution in [3.63, 3.8) is 0 Å². The highest BCUT2D eigenvalue weighted by Gasteiger charge is 2.21. The fourth-order valence-electron chi connectivity index (χ4n) is 3.16. The number of hydrogen-bond donors (Lipinski definition) is 1. The van der Waals surface area contributed by atoms with Gasteiger partial charge in [0.1, 0.15) is 0 Å². The largest absolute Gasteiger partial charge is 0.356 e. The lowest BCUT2D eigenvalue weighted by Gasteiger charge is -2.10. The van der Waals surface area contributed by atoms with Gasteiger partial charge in [-0.2, -0.15) is 5.10 Å². The Bertz CT molecular complexity index is 624. The molecule has 1 saturated carbocycles. The van der Waals surface area contributed by atoms with E-state index in [1.165, 1.54) is 24.0 Å². The van der Waals surface area contributed by atoms with Gasteiger partial charge in [0.2, 0.25) is 5.91 Å². The van der Waals surface area contributed by atoms with E-state index in [0.29, 0.717) is 0 Å². The smallest absolute Gasteiger partial charge is 0.223 e. The van der Waals surface area contributed by atoms with E-state index in [1.807, 2.05) is 24.0 Å². The van der Waals surface area contributed by atoms with E-state index in [2.05, 4.69) is 34.7 Å². The van der Waals surface area contributed by atoms with E-state index in [9.17, 15) is 4.79 Å². The third kappa shape index (κ3) is 3.38. The molecule has 0 unspecified atom stereocenters. The molecule has 0 radical (unpaired) electrons. The molecule has 1 aliphatic rings. The van der Waals surface area contributed by atoms with Crippen LogP contribution in [0.15, 0.2) is 36.5 Å². The van der Waals surface area contributed by atoms with Crippen molar-refractivity contribution in [2.45, 2.75) is 32.1 Å². The maximum atomic E-state index is 12.0. The van der Waals surface area contributed by atoms with Crippen LogP contribution in [0.1, 0.15) is 31.2 Å². The average molecular weight is 297 g/mol. The van der Waals surface area contributed by atoms with Crippen LogP contribution in [0.5, 0.6) is 0 Å². The number of nitrogens with zero attached hydrogens (tertiary/aromatic N) is 2. The molecule has 1 aliphatic carbocycles. The van der Waals surface area contributed by atoms with E-state index in [4.69, 9.17) is 0 Å². The van der Waals surface area contributed by atoms with E-state index in [-0.39, 0.29) is 11.8 Å². The van der Waals surface area contributed by atoms with Crippen molar-refractivity contribution >= 4 is 5.91 Å². The Balaban J connectivity index is 1.51. The molecule has 1 heterocycles. The van der Waals surface area contributed by atoms with Gasteiger partial charge >= 0.3 is 0 Å². The summed E-state index contributed by atoms with van der Waals surface area (Å²) in [5, 5.41) is 7.26. The van der Waals surface area contributed by atoms with Crippen LogP contribution in [-0.4, -0.2) is 22.2 Å². The second kappa shape index (κ2) is 6.77. The third-order valence-electron chi connectivity index (χ3n) is 4.51. The maximum absolute atomic E-state index is 12.0. The van der Waals surface area contributed by atoms with Crippen molar-refractivity contribution in [1.82, 2.24) is 15.1 Å². The normalized spacial score (nSPS) is 15.1. The van der Waals surface area contributed by atoms with E-state index in [0.717, 1.165) is 31.5 Å². The first-order chi connectivity index (χ1) is 10.7. The van der Waals surface area contributed by atoms with Gasteiger partial charge < -0.3 is 5.32 Å².